The van der Waals surface area contributed by atoms with Crippen LogP contribution in [0.15, 0.2) is 60.7 Å². The van der Waals surface area contributed by atoms with Gasteiger partial charge in [0, 0.05) is 10.2 Å². The fourth-order valence-electron chi connectivity index (χ4n) is 4.05. The molecule has 0 aliphatic heterocycles. The molecule has 4 aromatic carbocycles. The summed E-state index contributed by atoms with van der Waals surface area (Å²) in [5.74, 6) is 0. The Morgan fingerprint density at radius 3 is 2.14 bits per heavy atom. The molecule has 0 bridgehead atoms. The molecule has 0 aliphatic carbocycles. The summed E-state index contributed by atoms with van der Waals surface area (Å²) in [5, 5.41) is 6.81. The van der Waals surface area contributed by atoms with E-state index in [-0.39, 0.29) is 58.9 Å². The molecule has 0 fully saturated rings. The standard InChI is InChI=1S/C24H22Si.3ClH.Ti/c1-3-4-12-20-18-13-8-9-14-19(18)21-15-16(2)22(24(25)23(20)21)17-10-6-5-7-11-17;;;;/h5-11,13-15H,3-4,12H2,1-2H3;3*1H;/q-1;;;;+4/p-3. The SMILES string of the molecule is CCCC[c-]1c2ccccc2c2cc(C)c(-c3ccccc3)c([Si])c21.[Cl-].[Cl-].[Cl-].[Ti+4]. The van der Waals surface area contributed by atoms with E-state index in [0.717, 1.165) is 6.42 Å². The summed E-state index contributed by atoms with van der Waals surface area (Å²) in [6.07, 6.45) is 3.58. The van der Waals surface area contributed by atoms with Gasteiger partial charge in [0.2, 0.25) is 0 Å². The molecule has 0 saturated carbocycles. The van der Waals surface area contributed by atoms with E-state index in [1.807, 2.05) is 0 Å². The number of unbranched alkanes of at least 4 members (excludes halogenated alkanes) is 1. The van der Waals surface area contributed by atoms with Crippen molar-refractivity contribution in [3.63, 3.8) is 0 Å². The van der Waals surface area contributed by atoms with Crippen molar-refractivity contribution in [3.05, 3.63) is 71.8 Å². The van der Waals surface area contributed by atoms with E-state index in [0.29, 0.717) is 0 Å². The normalized spacial score (nSPS) is 9.90. The zero-order valence-corrected chi connectivity index (χ0v) is 21.4. The Kier molecular flexibility index (Phi) is 12.0. The third-order valence-electron chi connectivity index (χ3n) is 5.21. The Morgan fingerprint density at radius 2 is 1.48 bits per heavy atom. The van der Waals surface area contributed by atoms with E-state index in [1.54, 1.807) is 0 Å². The Balaban J connectivity index is 0.00000196. The summed E-state index contributed by atoms with van der Waals surface area (Å²) in [6.45, 7) is 4.49. The second-order valence-corrected chi connectivity index (χ2v) is 7.36. The molecule has 0 aliphatic rings. The minimum absolute atomic E-state index is 0. The van der Waals surface area contributed by atoms with E-state index in [1.165, 1.54) is 61.8 Å². The van der Waals surface area contributed by atoms with Crippen molar-refractivity contribution < 1.29 is 58.9 Å². The summed E-state index contributed by atoms with van der Waals surface area (Å²) >= 11 is 0. The summed E-state index contributed by atoms with van der Waals surface area (Å²) in [4.78, 5) is 0. The Morgan fingerprint density at radius 1 is 0.862 bits per heavy atom. The van der Waals surface area contributed by atoms with Gasteiger partial charge in [-0.15, -0.1) is 38.4 Å². The van der Waals surface area contributed by atoms with Crippen LogP contribution in [0.4, 0.5) is 0 Å². The Labute approximate surface area is 210 Å². The first kappa shape index (κ1) is 28.3. The summed E-state index contributed by atoms with van der Waals surface area (Å²) in [5.41, 5.74) is 5.41. The van der Waals surface area contributed by atoms with Crippen LogP contribution in [0.3, 0.4) is 0 Å². The van der Waals surface area contributed by atoms with Gasteiger partial charge in [-0.25, -0.2) is 0 Å². The number of aryl methyl sites for hydroxylation is 2. The molecule has 0 heterocycles. The maximum Gasteiger partial charge on any atom is 4.00 e. The zero-order valence-electron chi connectivity index (χ0n) is 16.5. The zero-order chi connectivity index (χ0) is 17.4. The smallest absolute Gasteiger partial charge is 1.00 e. The van der Waals surface area contributed by atoms with Crippen LogP contribution in [-0.4, -0.2) is 10.2 Å². The van der Waals surface area contributed by atoms with Gasteiger partial charge in [-0.3, -0.25) is 0 Å². The van der Waals surface area contributed by atoms with Crippen molar-refractivity contribution in [2.75, 3.05) is 0 Å². The van der Waals surface area contributed by atoms with Gasteiger partial charge in [0.05, 0.1) is 0 Å². The van der Waals surface area contributed by atoms with E-state index < -0.39 is 0 Å². The van der Waals surface area contributed by atoms with Gasteiger partial charge >= 0.3 is 21.7 Å². The molecule has 0 amide bonds. The predicted octanol–water partition coefficient (Wildman–Crippen LogP) is -3.17. The molecule has 0 saturated heterocycles. The van der Waals surface area contributed by atoms with Crippen molar-refractivity contribution in [2.45, 2.75) is 33.1 Å². The third-order valence-corrected chi connectivity index (χ3v) is 5.71. The molecule has 0 aromatic heterocycles. The van der Waals surface area contributed by atoms with Gasteiger partial charge < -0.3 is 37.2 Å². The van der Waals surface area contributed by atoms with Crippen molar-refractivity contribution in [1.82, 2.24) is 0 Å². The number of halogens is 3. The van der Waals surface area contributed by atoms with Gasteiger partial charge in [0.25, 0.3) is 0 Å². The molecule has 3 radical (unpaired) electrons. The fraction of sp³-hybridized carbons (Fsp3) is 0.208. The second kappa shape index (κ2) is 12.2. The molecule has 4 rings (SSSR count). The van der Waals surface area contributed by atoms with Crippen molar-refractivity contribution >= 4 is 37.0 Å². The second-order valence-electron chi connectivity index (χ2n) is 6.86. The first-order valence-corrected chi connectivity index (χ1v) is 9.63. The quantitative estimate of drug-likeness (QED) is 0.208. The first-order valence-electron chi connectivity index (χ1n) is 9.13. The van der Waals surface area contributed by atoms with Crippen LogP contribution in [0.2, 0.25) is 0 Å². The third kappa shape index (κ3) is 5.15. The number of fused-ring (bicyclic) bond motifs is 3. The van der Waals surface area contributed by atoms with Gasteiger partial charge in [-0.1, -0.05) is 86.3 Å². The molecule has 0 unspecified atom stereocenters. The molecule has 0 atom stereocenters. The Bertz CT molecular complexity index is 1060. The van der Waals surface area contributed by atoms with Gasteiger partial charge in [0.1, 0.15) is 0 Å². The predicted molar refractivity (Wildman–Crippen MR) is 111 cm³/mol. The van der Waals surface area contributed by atoms with E-state index >= 15 is 0 Å². The van der Waals surface area contributed by atoms with E-state index in [2.05, 4.69) is 84.8 Å². The number of rotatable bonds is 4. The molecule has 4 aromatic rings. The average molecular weight is 493 g/mol. The van der Waals surface area contributed by atoms with Crippen molar-refractivity contribution in [2.24, 2.45) is 0 Å². The molecule has 5 heteroatoms. The topological polar surface area (TPSA) is 0 Å². The maximum atomic E-state index is 4.05. The average Bonchev–Trinajstić information content (AvgIpc) is 2.95. The van der Waals surface area contributed by atoms with Crippen LogP contribution in [0, 0.1) is 6.92 Å². The summed E-state index contributed by atoms with van der Waals surface area (Å²) in [6, 6.07) is 21.9. The van der Waals surface area contributed by atoms with Crippen LogP contribution in [0.5, 0.6) is 0 Å². The molecule has 29 heavy (non-hydrogen) atoms. The van der Waals surface area contributed by atoms with Crippen LogP contribution >= 0.6 is 0 Å². The van der Waals surface area contributed by atoms with Crippen LogP contribution < -0.4 is 42.4 Å². The van der Waals surface area contributed by atoms with Gasteiger partial charge in [-0.2, -0.15) is 0 Å². The summed E-state index contributed by atoms with van der Waals surface area (Å²) < 4.78 is 0. The van der Waals surface area contributed by atoms with Crippen LogP contribution in [0.25, 0.3) is 32.7 Å². The molecular weight excluding hydrogens is 471 g/mol. The fourth-order valence-corrected chi connectivity index (χ4v) is 4.68. The molecule has 0 nitrogen and oxygen atoms in total. The maximum absolute atomic E-state index is 4.05. The van der Waals surface area contributed by atoms with Crippen molar-refractivity contribution in [3.8, 4) is 11.1 Å². The van der Waals surface area contributed by atoms with Crippen LogP contribution in [-0.2, 0) is 28.1 Å². The number of hydrogen-bond acceptors (Lipinski definition) is 0. The molecule has 0 spiro atoms. The minimum atomic E-state index is 0. The molecule has 147 valence electrons. The number of benzene rings is 3. The van der Waals surface area contributed by atoms with E-state index in [4.69, 9.17) is 0 Å². The van der Waals surface area contributed by atoms with Crippen molar-refractivity contribution in [1.29, 1.82) is 0 Å². The first-order chi connectivity index (χ1) is 12.2. The summed E-state index contributed by atoms with van der Waals surface area (Å²) in [7, 11) is 4.05. The monoisotopic (exact) mass is 491 g/mol. The molecular formula is C24H22Cl3SiTi. The largest absolute Gasteiger partial charge is 4.00 e. The van der Waals surface area contributed by atoms with Crippen LogP contribution in [0.1, 0.15) is 30.9 Å². The minimum Gasteiger partial charge on any atom is -1.00 e. The Hall–Kier alpha value is -0.669. The van der Waals surface area contributed by atoms with Gasteiger partial charge in [0.15, 0.2) is 0 Å². The number of hydrogen-bond donors (Lipinski definition) is 0. The van der Waals surface area contributed by atoms with E-state index in [9.17, 15) is 0 Å². The van der Waals surface area contributed by atoms with Gasteiger partial charge in [-0.05, 0) is 18.1 Å². The molecule has 0 N–H and O–H groups in total.